The van der Waals surface area contributed by atoms with Crippen LogP contribution >= 0.6 is 0 Å². The second kappa shape index (κ2) is 7.11. The van der Waals surface area contributed by atoms with Gasteiger partial charge in [-0.1, -0.05) is 6.92 Å². The average molecular weight is 290 g/mol. The predicted octanol–water partition coefficient (Wildman–Crippen LogP) is 2.33. The van der Waals surface area contributed by atoms with Crippen LogP contribution in [-0.4, -0.2) is 25.0 Å². The van der Waals surface area contributed by atoms with Crippen LogP contribution in [0.1, 0.15) is 32.6 Å². The van der Waals surface area contributed by atoms with Gasteiger partial charge in [-0.15, -0.1) is 0 Å². The van der Waals surface area contributed by atoms with Gasteiger partial charge in [-0.3, -0.25) is 9.59 Å². The molecule has 114 valence electrons. The van der Waals surface area contributed by atoms with E-state index in [0.29, 0.717) is 17.4 Å². The maximum Gasteiger partial charge on any atom is 0.313 e. The molecule has 1 fully saturated rings. The van der Waals surface area contributed by atoms with Crippen molar-refractivity contribution in [1.82, 2.24) is 5.32 Å². The van der Waals surface area contributed by atoms with Gasteiger partial charge in [-0.05, 0) is 55.9 Å². The van der Waals surface area contributed by atoms with Gasteiger partial charge in [-0.2, -0.15) is 0 Å². The molecule has 1 aliphatic carbocycles. The largest absolute Gasteiger partial charge is 0.497 e. The molecule has 0 unspecified atom stereocenters. The highest BCUT2D eigenvalue weighted by molar-refractivity contribution is 6.39. The summed E-state index contributed by atoms with van der Waals surface area (Å²) in [5.41, 5.74) is 0.577. The fourth-order valence-corrected chi connectivity index (χ4v) is 2.52. The molecule has 1 aromatic carbocycles. The quantitative estimate of drug-likeness (QED) is 0.840. The summed E-state index contributed by atoms with van der Waals surface area (Å²) in [6, 6.07) is 6.99. The average Bonchev–Trinajstić information content (AvgIpc) is 2.50. The maximum absolute atomic E-state index is 11.9. The van der Waals surface area contributed by atoms with Gasteiger partial charge in [0.15, 0.2) is 0 Å². The fourth-order valence-electron chi connectivity index (χ4n) is 2.52. The number of nitrogens with one attached hydrogen (secondary N) is 2. The van der Waals surface area contributed by atoms with Crippen molar-refractivity contribution in [1.29, 1.82) is 0 Å². The third-order valence-corrected chi connectivity index (χ3v) is 3.91. The first-order chi connectivity index (χ1) is 10.1. The lowest BCUT2D eigenvalue weighted by Crippen LogP contribution is -2.43. The van der Waals surface area contributed by atoms with Crippen molar-refractivity contribution < 1.29 is 14.3 Å². The number of hydrogen-bond donors (Lipinski definition) is 2. The number of carbonyl (C=O) groups is 2. The molecule has 0 spiro atoms. The Morgan fingerprint density at radius 1 is 1.05 bits per heavy atom. The van der Waals surface area contributed by atoms with Crippen LogP contribution in [0.4, 0.5) is 5.69 Å². The summed E-state index contributed by atoms with van der Waals surface area (Å²) >= 11 is 0. The molecule has 2 amide bonds. The molecule has 0 radical (unpaired) electrons. The zero-order valence-corrected chi connectivity index (χ0v) is 12.5. The molecule has 0 saturated heterocycles. The number of rotatable bonds is 3. The van der Waals surface area contributed by atoms with Gasteiger partial charge < -0.3 is 15.4 Å². The van der Waals surface area contributed by atoms with E-state index in [1.807, 2.05) is 0 Å². The summed E-state index contributed by atoms with van der Waals surface area (Å²) in [5.74, 6) is 0.226. The van der Waals surface area contributed by atoms with Gasteiger partial charge in [0.1, 0.15) is 5.75 Å². The van der Waals surface area contributed by atoms with Gasteiger partial charge in [-0.25, -0.2) is 0 Å². The van der Waals surface area contributed by atoms with Crippen LogP contribution in [0.5, 0.6) is 5.75 Å². The molecule has 1 saturated carbocycles. The van der Waals surface area contributed by atoms with Gasteiger partial charge in [0, 0.05) is 11.7 Å². The van der Waals surface area contributed by atoms with Crippen LogP contribution in [0.15, 0.2) is 24.3 Å². The van der Waals surface area contributed by atoms with E-state index in [1.165, 1.54) is 0 Å². The lowest BCUT2D eigenvalue weighted by atomic mass is 9.87. The van der Waals surface area contributed by atoms with E-state index >= 15 is 0 Å². The van der Waals surface area contributed by atoms with Gasteiger partial charge in [0.25, 0.3) is 0 Å². The summed E-state index contributed by atoms with van der Waals surface area (Å²) < 4.78 is 5.04. The lowest BCUT2D eigenvalue weighted by molar-refractivity contribution is -0.136. The van der Waals surface area contributed by atoms with Crippen molar-refractivity contribution in [3.05, 3.63) is 24.3 Å². The summed E-state index contributed by atoms with van der Waals surface area (Å²) in [7, 11) is 1.58. The summed E-state index contributed by atoms with van der Waals surface area (Å²) in [6.45, 7) is 2.22. The first-order valence-corrected chi connectivity index (χ1v) is 7.34. The molecule has 1 aliphatic rings. The highest BCUT2D eigenvalue weighted by Crippen LogP contribution is 2.23. The summed E-state index contributed by atoms with van der Waals surface area (Å²) in [6.07, 6.45) is 4.10. The second-order valence-electron chi connectivity index (χ2n) is 5.61. The molecular weight excluding hydrogens is 268 g/mol. The Kier molecular flexibility index (Phi) is 5.20. The van der Waals surface area contributed by atoms with E-state index in [9.17, 15) is 9.59 Å². The number of benzene rings is 1. The Balaban J connectivity index is 1.83. The molecule has 2 rings (SSSR count). The van der Waals surface area contributed by atoms with E-state index in [4.69, 9.17) is 4.74 Å². The Hall–Kier alpha value is -2.04. The second-order valence-corrected chi connectivity index (χ2v) is 5.61. The van der Waals surface area contributed by atoms with E-state index in [2.05, 4.69) is 17.6 Å². The predicted molar refractivity (Wildman–Crippen MR) is 81.2 cm³/mol. The maximum atomic E-state index is 11.9. The standard InChI is InChI=1S/C16H22N2O3/c1-11-3-5-12(6-4-11)17-15(19)16(20)18-13-7-9-14(21-2)10-8-13/h7-12H,3-6H2,1-2H3,(H,17,19)(H,18,20). The monoisotopic (exact) mass is 290 g/mol. The molecule has 2 N–H and O–H groups in total. The first-order valence-electron chi connectivity index (χ1n) is 7.34. The van der Waals surface area contributed by atoms with E-state index in [0.717, 1.165) is 25.7 Å². The van der Waals surface area contributed by atoms with Crippen LogP contribution in [-0.2, 0) is 9.59 Å². The number of methoxy groups -OCH3 is 1. The minimum atomic E-state index is -0.626. The number of anilines is 1. The van der Waals surface area contributed by atoms with Crippen molar-refractivity contribution in [2.45, 2.75) is 38.6 Å². The normalized spacial score (nSPS) is 21.4. The molecule has 5 heteroatoms. The van der Waals surface area contributed by atoms with Crippen molar-refractivity contribution in [3.63, 3.8) is 0 Å². The van der Waals surface area contributed by atoms with Crippen LogP contribution in [0.25, 0.3) is 0 Å². The topological polar surface area (TPSA) is 67.4 Å². The Labute approximate surface area is 125 Å². The molecule has 21 heavy (non-hydrogen) atoms. The number of ether oxygens (including phenoxy) is 1. The van der Waals surface area contributed by atoms with E-state index in [1.54, 1.807) is 31.4 Å². The molecule has 5 nitrogen and oxygen atoms in total. The SMILES string of the molecule is COc1ccc(NC(=O)C(=O)NC2CCC(C)CC2)cc1. The van der Waals surface area contributed by atoms with Gasteiger partial charge in [0.05, 0.1) is 7.11 Å². The Morgan fingerprint density at radius 3 is 2.24 bits per heavy atom. The van der Waals surface area contributed by atoms with E-state index in [-0.39, 0.29) is 6.04 Å². The van der Waals surface area contributed by atoms with Gasteiger partial charge >= 0.3 is 11.8 Å². The van der Waals surface area contributed by atoms with Crippen LogP contribution < -0.4 is 15.4 Å². The summed E-state index contributed by atoms with van der Waals surface area (Å²) in [4.78, 5) is 23.7. The summed E-state index contributed by atoms with van der Waals surface area (Å²) in [5, 5.41) is 5.39. The molecule has 0 atom stereocenters. The van der Waals surface area contributed by atoms with Crippen LogP contribution in [0, 0.1) is 5.92 Å². The highest BCUT2D eigenvalue weighted by Gasteiger charge is 2.22. The molecule has 0 aromatic heterocycles. The van der Waals surface area contributed by atoms with Crippen molar-refractivity contribution >= 4 is 17.5 Å². The van der Waals surface area contributed by atoms with E-state index < -0.39 is 11.8 Å². The third kappa shape index (κ3) is 4.48. The zero-order valence-electron chi connectivity index (χ0n) is 12.5. The smallest absolute Gasteiger partial charge is 0.313 e. The molecule has 0 heterocycles. The number of amides is 2. The fraction of sp³-hybridized carbons (Fsp3) is 0.500. The highest BCUT2D eigenvalue weighted by atomic mass is 16.5. The molecular formula is C16H22N2O3. The van der Waals surface area contributed by atoms with Gasteiger partial charge in [0.2, 0.25) is 0 Å². The van der Waals surface area contributed by atoms with Crippen molar-refractivity contribution in [2.75, 3.05) is 12.4 Å². The minimum absolute atomic E-state index is 0.121. The molecule has 0 bridgehead atoms. The number of carbonyl (C=O) groups excluding carboxylic acids is 2. The lowest BCUT2D eigenvalue weighted by Gasteiger charge is -2.26. The van der Waals surface area contributed by atoms with Crippen molar-refractivity contribution in [3.8, 4) is 5.75 Å². The first kappa shape index (κ1) is 15.4. The Bertz CT molecular complexity index is 491. The molecule has 0 aliphatic heterocycles. The van der Waals surface area contributed by atoms with Crippen molar-refractivity contribution in [2.24, 2.45) is 5.92 Å². The number of hydrogen-bond acceptors (Lipinski definition) is 3. The third-order valence-electron chi connectivity index (χ3n) is 3.91. The minimum Gasteiger partial charge on any atom is -0.497 e. The zero-order chi connectivity index (χ0) is 15.2. The molecule has 1 aromatic rings. The van der Waals surface area contributed by atoms with Crippen LogP contribution in [0.3, 0.4) is 0 Å². The van der Waals surface area contributed by atoms with Crippen LogP contribution in [0.2, 0.25) is 0 Å². The Morgan fingerprint density at radius 2 is 1.67 bits per heavy atom.